The lowest BCUT2D eigenvalue weighted by Gasteiger charge is -2.23. The van der Waals surface area contributed by atoms with Gasteiger partial charge < -0.3 is 10.0 Å². The number of hydrogen-bond acceptors (Lipinski definition) is 3. The van der Waals surface area contributed by atoms with Crippen LogP contribution in [0.3, 0.4) is 0 Å². The molecule has 3 nitrogen and oxygen atoms in total. The third-order valence-corrected chi connectivity index (χ3v) is 2.50. The molecule has 0 bridgehead atoms. The van der Waals surface area contributed by atoms with Gasteiger partial charge in [-0.2, -0.15) is 13.2 Å². The molecule has 6 heteroatoms. The molecule has 0 atom stereocenters. The highest BCUT2D eigenvalue weighted by Crippen LogP contribution is 2.28. The maximum absolute atomic E-state index is 12.5. The van der Waals surface area contributed by atoms with Gasteiger partial charge in [0.2, 0.25) is 0 Å². The second-order valence-electron chi connectivity index (χ2n) is 3.94. The molecule has 1 aromatic rings. The van der Waals surface area contributed by atoms with Crippen molar-refractivity contribution in [1.29, 1.82) is 0 Å². The van der Waals surface area contributed by atoms with Crippen LogP contribution >= 0.6 is 0 Å². The molecule has 0 aliphatic heterocycles. The number of pyridine rings is 1. The van der Waals surface area contributed by atoms with Gasteiger partial charge in [0, 0.05) is 13.1 Å². The van der Waals surface area contributed by atoms with Gasteiger partial charge in [-0.15, -0.1) is 0 Å². The van der Waals surface area contributed by atoms with E-state index in [2.05, 4.69) is 4.98 Å². The van der Waals surface area contributed by atoms with Crippen molar-refractivity contribution in [3.05, 3.63) is 23.9 Å². The van der Waals surface area contributed by atoms with Crippen molar-refractivity contribution in [1.82, 2.24) is 4.98 Å². The van der Waals surface area contributed by atoms with Crippen LogP contribution < -0.4 is 4.90 Å². The monoisotopic (exact) mass is 262 g/mol. The predicted octanol–water partition coefficient (Wildman–Crippen LogP) is 2.70. The van der Waals surface area contributed by atoms with E-state index in [4.69, 9.17) is 5.11 Å². The van der Waals surface area contributed by atoms with E-state index in [0.29, 0.717) is 6.54 Å². The van der Waals surface area contributed by atoms with Crippen LogP contribution in [-0.2, 0) is 6.18 Å². The summed E-state index contributed by atoms with van der Waals surface area (Å²) in [5.74, 6) is 0.257. The van der Waals surface area contributed by atoms with Gasteiger partial charge in [-0.25, -0.2) is 4.98 Å². The molecule has 1 rings (SSSR count). The van der Waals surface area contributed by atoms with Gasteiger partial charge in [-0.1, -0.05) is 19.4 Å². The van der Waals surface area contributed by atoms with Gasteiger partial charge >= 0.3 is 6.18 Å². The molecule has 0 amide bonds. The Hall–Kier alpha value is -1.30. The normalized spacial score (nSPS) is 11.6. The third-order valence-electron chi connectivity index (χ3n) is 2.50. The van der Waals surface area contributed by atoms with Crippen LogP contribution in [0.1, 0.15) is 25.5 Å². The second-order valence-corrected chi connectivity index (χ2v) is 3.94. The first-order valence-corrected chi connectivity index (χ1v) is 5.89. The lowest BCUT2D eigenvalue weighted by atomic mass is 10.3. The molecule has 1 aromatic heterocycles. The van der Waals surface area contributed by atoms with Crippen LogP contribution in [0.5, 0.6) is 0 Å². The Bertz CT molecular complexity index is 369. The SMILES string of the molecule is CCCCN(CCO)c1cccc(C(F)(F)F)n1. The van der Waals surface area contributed by atoms with E-state index in [0.717, 1.165) is 18.9 Å². The first-order valence-electron chi connectivity index (χ1n) is 5.89. The Morgan fingerprint density at radius 2 is 2.00 bits per heavy atom. The van der Waals surface area contributed by atoms with Crippen molar-refractivity contribution in [2.75, 3.05) is 24.6 Å². The van der Waals surface area contributed by atoms with Crippen LogP contribution in [0.15, 0.2) is 18.2 Å². The number of aromatic nitrogens is 1. The second kappa shape index (κ2) is 6.58. The average molecular weight is 262 g/mol. The van der Waals surface area contributed by atoms with Crippen molar-refractivity contribution in [3.8, 4) is 0 Å². The van der Waals surface area contributed by atoms with Crippen molar-refractivity contribution in [2.45, 2.75) is 25.9 Å². The summed E-state index contributed by atoms with van der Waals surface area (Å²) in [7, 11) is 0. The first-order chi connectivity index (χ1) is 8.49. The van der Waals surface area contributed by atoms with Gasteiger partial charge in [0.1, 0.15) is 11.5 Å². The summed E-state index contributed by atoms with van der Waals surface area (Å²) in [5, 5.41) is 8.93. The Morgan fingerprint density at radius 3 is 2.56 bits per heavy atom. The smallest absolute Gasteiger partial charge is 0.395 e. The van der Waals surface area contributed by atoms with E-state index < -0.39 is 11.9 Å². The standard InChI is InChI=1S/C12H17F3N2O/c1-2-3-7-17(8-9-18)11-6-4-5-10(16-11)12(13,14)15/h4-6,18H,2-3,7-9H2,1H3. The van der Waals surface area contributed by atoms with Gasteiger partial charge in [0.05, 0.1) is 6.61 Å². The van der Waals surface area contributed by atoms with Gasteiger partial charge in [-0.05, 0) is 18.6 Å². The molecule has 18 heavy (non-hydrogen) atoms. The zero-order chi connectivity index (χ0) is 13.6. The zero-order valence-corrected chi connectivity index (χ0v) is 10.2. The van der Waals surface area contributed by atoms with Crippen LogP contribution in [0.4, 0.5) is 19.0 Å². The number of anilines is 1. The van der Waals surface area contributed by atoms with Crippen LogP contribution in [0.25, 0.3) is 0 Å². The fourth-order valence-electron chi connectivity index (χ4n) is 1.57. The number of halogens is 3. The predicted molar refractivity (Wildman–Crippen MR) is 63.4 cm³/mol. The highest BCUT2D eigenvalue weighted by molar-refractivity contribution is 5.39. The number of nitrogens with zero attached hydrogens (tertiary/aromatic N) is 2. The number of alkyl halides is 3. The van der Waals surface area contributed by atoms with Crippen molar-refractivity contribution < 1.29 is 18.3 Å². The summed E-state index contributed by atoms with van der Waals surface area (Å²) in [6, 6.07) is 3.81. The fraction of sp³-hybridized carbons (Fsp3) is 0.583. The molecule has 0 radical (unpaired) electrons. The van der Waals surface area contributed by atoms with Gasteiger partial charge in [0.15, 0.2) is 0 Å². The number of hydrogen-bond donors (Lipinski definition) is 1. The Labute approximate surface area is 104 Å². The van der Waals surface area contributed by atoms with Crippen molar-refractivity contribution in [2.24, 2.45) is 0 Å². The minimum absolute atomic E-state index is 0.109. The molecule has 0 aliphatic carbocycles. The fourth-order valence-corrected chi connectivity index (χ4v) is 1.57. The third kappa shape index (κ3) is 4.18. The molecule has 0 fully saturated rings. The van der Waals surface area contributed by atoms with E-state index in [9.17, 15) is 13.2 Å². The van der Waals surface area contributed by atoms with Crippen LogP contribution in [0.2, 0.25) is 0 Å². The van der Waals surface area contributed by atoms with Gasteiger partial charge in [-0.3, -0.25) is 0 Å². The molecular weight excluding hydrogens is 245 g/mol. The van der Waals surface area contributed by atoms with E-state index >= 15 is 0 Å². The maximum Gasteiger partial charge on any atom is 0.433 e. The number of aliphatic hydroxyl groups is 1. The zero-order valence-electron chi connectivity index (χ0n) is 10.2. The molecule has 1 N–H and O–H groups in total. The summed E-state index contributed by atoms with van der Waals surface area (Å²) in [6.45, 7) is 2.76. The summed E-state index contributed by atoms with van der Waals surface area (Å²) >= 11 is 0. The minimum Gasteiger partial charge on any atom is -0.395 e. The Kier molecular flexibility index (Phi) is 5.40. The minimum atomic E-state index is -4.44. The summed E-state index contributed by atoms with van der Waals surface area (Å²) in [4.78, 5) is 5.27. The average Bonchev–Trinajstić information content (AvgIpc) is 2.33. The molecule has 0 saturated heterocycles. The highest BCUT2D eigenvalue weighted by atomic mass is 19.4. The molecule has 0 saturated carbocycles. The topological polar surface area (TPSA) is 36.4 Å². The molecule has 102 valence electrons. The lowest BCUT2D eigenvalue weighted by molar-refractivity contribution is -0.141. The maximum atomic E-state index is 12.5. The quantitative estimate of drug-likeness (QED) is 0.856. The molecule has 0 unspecified atom stereocenters. The van der Waals surface area contributed by atoms with Gasteiger partial charge in [0.25, 0.3) is 0 Å². The summed E-state index contributed by atoms with van der Waals surface area (Å²) < 4.78 is 37.6. The molecule has 1 heterocycles. The Balaban J connectivity index is 2.90. The summed E-state index contributed by atoms with van der Waals surface area (Å²) in [6.07, 6.45) is -2.66. The lowest BCUT2D eigenvalue weighted by Crippen LogP contribution is -2.29. The molecule has 0 aromatic carbocycles. The van der Waals surface area contributed by atoms with Crippen LogP contribution in [-0.4, -0.2) is 29.8 Å². The van der Waals surface area contributed by atoms with Crippen molar-refractivity contribution in [3.63, 3.8) is 0 Å². The largest absolute Gasteiger partial charge is 0.433 e. The number of aliphatic hydroxyl groups excluding tert-OH is 1. The molecule has 0 aliphatic rings. The van der Waals surface area contributed by atoms with Crippen molar-refractivity contribution >= 4 is 5.82 Å². The van der Waals surface area contributed by atoms with E-state index in [1.54, 1.807) is 4.90 Å². The van der Waals surface area contributed by atoms with Crippen LogP contribution in [0, 0.1) is 0 Å². The number of rotatable bonds is 6. The van der Waals surface area contributed by atoms with E-state index in [-0.39, 0.29) is 19.0 Å². The first kappa shape index (κ1) is 14.8. The van der Waals surface area contributed by atoms with E-state index in [1.807, 2.05) is 6.92 Å². The highest BCUT2D eigenvalue weighted by Gasteiger charge is 2.32. The summed E-state index contributed by atoms with van der Waals surface area (Å²) in [5.41, 5.74) is -0.903. The molecular formula is C12H17F3N2O. The number of unbranched alkanes of at least 4 members (excludes halogenated alkanes) is 1. The molecule has 0 spiro atoms. The van der Waals surface area contributed by atoms with E-state index in [1.165, 1.54) is 12.1 Å². The Morgan fingerprint density at radius 1 is 1.28 bits per heavy atom.